The third kappa shape index (κ3) is 4.49. The van der Waals surface area contributed by atoms with E-state index in [4.69, 9.17) is 14.6 Å². The molecule has 1 saturated heterocycles. The fourth-order valence-corrected chi connectivity index (χ4v) is 3.79. The van der Waals surface area contributed by atoms with Crippen LogP contribution in [0.5, 0.6) is 11.5 Å². The van der Waals surface area contributed by atoms with Gasteiger partial charge in [0.25, 0.3) is 0 Å². The van der Waals surface area contributed by atoms with Crippen molar-refractivity contribution in [3.8, 4) is 22.1 Å². The van der Waals surface area contributed by atoms with E-state index in [-0.39, 0.29) is 6.42 Å². The van der Waals surface area contributed by atoms with Gasteiger partial charge in [0.2, 0.25) is 0 Å². The van der Waals surface area contributed by atoms with Gasteiger partial charge in [-0.2, -0.15) is 0 Å². The molecule has 0 aliphatic carbocycles. The molecule has 0 radical (unpaired) electrons. The van der Waals surface area contributed by atoms with E-state index in [1.165, 1.54) is 24.2 Å². The highest BCUT2D eigenvalue weighted by molar-refractivity contribution is 7.13. The van der Waals surface area contributed by atoms with E-state index < -0.39 is 5.97 Å². The Balaban J connectivity index is 1.78. The van der Waals surface area contributed by atoms with Crippen LogP contribution in [0.3, 0.4) is 0 Å². The molecular weight excluding hydrogens is 340 g/mol. The zero-order valence-electron chi connectivity index (χ0n) is 14.2. The smallest absolute Gasteiger partial charge is 0.309 e. The number of para-hydroxylation sites is 1. The standard InChI is InChI=1S/C18H22N2O4S/c1-23-15-6-4-5-14(18-19-13(12-25-18)11-16(21)22)17(15)24-10-9-20-7-2-3-8-20/h4-6,12H,2-3,7-11H2,1H3,(H,21,22). The molecule has 1 aliphatic heterocycles. The number of aromatic nitrogens is 1. The van der Waals surface area contributed by atoms with E-state index >= 15 is 0 Å². The number of nitrogens with zero attached hydrogens (tertiary/aromatic N) is 2. The number of hydrogen-bond donors (Lipinski definition) is 1. The van der Waals surface area contributed by atoms with Crippen molar-refractivity contribution in [2.45, 2.75) is 19.3 Å². The van der Waals surface area contributed by atoms with Crippen LogP contribution in [0.15, 0.2) is 23.6 Å². The molecule has 1 aliphatic rings. The van der Waals surface area contributed by atoms with Crippen molar-refractivity contribution in [2.75, 3.05) is 33.4 Å². The largest absolute Gasteiger partial charge is 0.493 e. The number of hydrogen-bond acceptors (Lipinski definition) is 6. The quantitative estimate of drug-likeness (QED) is 0.778. The fraction of sp³-hybridized carbons (Fsp3) is 0.444. The molecule has 25 heavy (non-hydrogen) atoms. The SMILES string of the molecule is COc1cccc(-c2nc(CC(=O)O)cs2)c1OCCN1CCCC1. The van der Waals surface area contributed by atoms with Crippen molar-refractivity contribution in [3.63, 3.8) is 0 Å². The maximum Gasteiger partial charge on any atom is 0.309 e. The first kappa shape index (κ1) is 17.7. The lowest BCUT2D eigenvalue weighted by molar-refractivity contribution is -0.136. The van der Waals surface area contributed by atoms with Crippen LogP contribution < -0.4 is 9.47 Å². The molecule has 0 saturated carbocycles. The first-order valence-electron chi connectivity index (χ1n) is 8.36. The van der Waals surface area contributed by atoms with E-state index in [1.54, 1.807) is 12.5 Å². The van der Waals surface area contributed by atoms with Gasteiger partial charge in [0, 0.05) is 11.9 Å². The van der Waals surface area contributed by atoms with Crippen molar-refractivity contribution in [3.05, 3.63) is 29.3 Å². The van der Waals surface area contributed by atoms with Crippen LogP contribution in [0, 0.1) is 0 Å². The van der Waals surface area contributed by atoms with Crippen molar-refractivity contribution < 1.29 is 19.4 Å². The van der Waals surface area contributed by atoms with Crippen LogP contribution in [-0.2, 0) is 11.2 Å². The Morgan fingerprint density at radius 2 is 2.16 bits per heavy atom. The van der Waals surface area contributed by atoms with Crippen LogP contribution in [0.4, 0.5) is 0 Å². The van der Waals surface area contributed by atoms with Gasteiger partial charge in [-0.3, -0.25) is 9.69 Å². The molecule has 6 nitrogen and oxygen atoms in total. The van der Waals surface area contributed by atoms with E-state index in [2.05, 4.69) is 9.88 Å². The number of thiazole rings is 1. The summed E-state index contributed by atoms with van der Waals surface area (Å²) in [6.45, 7) is 3.74. The summed E-state index contributed by atoms with van der Waals surface area (Å²) in [5.74, 6) is 0.443. The average molecular weight is 362 g/mol. The van der Waals surface area contributed by atoms with Gasteiger partial charge in [-0.15, -0.1) is 11.3 Å². The Hall–Kier alpha value is -2.12. The summed E-state index contributed by atoms with van der Waals surface area (Å²) in [5, 5.41) is 11.4. The van der Waals surface area contributed by atoms with Gasteiger partial charge in [0.05, 0.1) is 24.8 Å². The minimum atomic E-state index is -0.885. The highest BCUT2D eigenvalue weighted by Gasteiger charge is 2.17. The predicted molar refractivity (Wildman–Crippen MR) is 96.6 cm³/mol. The molecule has 1 fully saturated rings. The molecule has 1 aromatic heterocycles. The van der Waals surface area contributed by atoms with Crippen molar-refractivity contribution >= 4 is 17.3 Å². The van der Waals surface area contributed by atoms with Gasteiger partial charge < -0.3 is 14.6 Å². The molecule has 2 aromatic rings. The number of rotatable bonds is 8. The Bertz CT molecular complexity index is 726. The third-order valence-electron chi connectivity index (χ3n) is 4.17. The number of benzene rings is 1. The first-order chi connectivity index (χ1) is 12.2. The van der Waals surface area contributed by atoms with Crippen LogP contribution in [0.2, 0.25) is 0 Å². The number of likely N-dealkylation sites (tertiary alicyclic amines) is 1. The average Bonchev–Trinajstić information content (AvgIpc) is 3.26. The highest BCUT2D eigenvalue weighted by atomic mass is 32.1. The van der Waals surface area contributed by atoms with E-state index in [9.17, 15) is 4.79 Å². The summed E-state index contributed by atoms with van der Waals surface area (Å²) in [6, 6.07) is 5.68. The zero-order chi connectivity index (χ0) is 17.6. The lowest BCUT2D eigenvalue weighted by Gasteiger charge is -2.17. The van der Waals surface area contributed by atoms with Gasteiger partial charge in [0.1, 0.15) is 11.6 Å². The van der Waals surface area contributed by atoms with Gasteiger partial charge in [0.15, 0.2) is 11.5 Å². The highest BCUT2D eigenvalue weighted by Crippen LogP contribution is 2.39. The second-order valence-corrected chi connectivity index (χ2v) is 6.81. The monoisotopic (exact) mass is 362 g/mol. The lowest BCUT2D eigenvalue weighted by Crippen LogP contribution is -2.25. The fourth-order valence-electron chi connectivity index (χ4n) is 2.94. The molecule has 134 valence electrons. The number of ether oxygens (including phenoxy) is 2. The number of carboxylic acid groups (broad SMARTS) is 1. The van der Waals surface area contributed by atoms with Crippen molar-refractivity contribution in [2.24, 2.45) is 0 Å². The second-order valence-electron chi connectivity index (χ2n) is 5.95. The summed E-state index contributed by atoms with van der Waals surface area (Å²) in [7, 11) is 1.62. The maximum absolute atomic E-state index is 10.9. The zero-order valence-corrected chi connectivity index (χ0v) is 15.1. The summed E-state index contributed by atoms with van der Waals surface area (Å²) < 4.78 is 11.5. The summed E-state index contributed by atoms with van der Waals surface area (Å²) in [4.78, 5) is 17.7. The van der Waals surface area contributed by atoms with E-state index in [1.807, 2.05) is 18.2 Å². The summed E-state index contributed by atoms with van der Waals surface area (Å²) >= 11 is 1.42. The van der Waals surface area contributed by atoms with Gasteiger partial charge in [-0.1, -0.05) is 6.07 Å². The minimum absolute atomic E-state index is 0.0778. The summed E-state index contributed by atoms with van der Waals surface area (Å²) in [6.07, 6.45) is 2.43. The normalized spacial score (nSPS) is 14.6. The molecule has 7 heteroatoms. The van der Waals surface area contributed by atoms with Crippen molar-refractivity contribution in [1.29, 1.82) is 0 Å². The minimum Gasteiger partial charge on any atom is -0.493 e. The topological polar surface area (TPSA) is 71.9 Å². The molecule has 2 heterocycles. The number of carboxylic acids is 1. The second kappa shape index (κ2) is 8.31. The molecule has 1 N–H and O–H groups in total. The van der Waals surface area contributed by atoms with Crippen molar-refractivity contribution in [1.82, 2.24) is 9.88 Å². The number of aliphatic carboxylic acids is 1. The number of methoxy groups -OCH3 is 1. The molecule has 0 spiro atoms. The van der Waals surface area contributed by atoms with Gasteiger partial charge >= 0.3 is 5.97 Å². The molecule has 1 aromatic carbocycles. The maximum atomic E-state index is 10.9. The van der Waals surface area contributed by atoms with Gasteiger partial charge in [-0.05, 0) is 38.1 Å². The Morgan fingerprint density at radius 3 is 2.88 bits per heavy atom. The number of carbonyl (C=O) groups is 1. The lowest BCUT2D eigenvalue weighted by atomic mass is 10.2. The third-order valence-corrected chi connectivity index (χ3v) is 5.09. The first-order valence-corrected chi connectivity index (χ1v) is 9.24. The Labute approximate surface area is 151 Å². The Morgan fingerprint density at radius 1 is 1.36 bits per heavy atom. The Kier molecular flexibility index (Phi) is 5.88. The molecular formula is C18H22N2O4S. The molecule has 0 amide bonds. The van der Waals surface area contributed by atoms with E-state index in [0.29, 0.717) is 23.8 Å². The molecule has 3 rings (SSSR count). The predicted octanol–water partition coefficient (Wildman–Crippen LogP) is 2.92. The van der Waals surface area contributed by atoms with Crippen LogP contribution >= 0.6 is 11.3 Å². The van der Waals surface area contributed by atoms with E-state index in [0.717, 1.165) is 30.2 Å². The van der Waals surface area contributed by atoms with Crippen LogP contribution in [0.1, 0.15) is 18.5 Å². The molecule has 0 unspecified atom stereocenters. The molecule has 0 bridgehead atoms. The van der Waals surface area contributed by atoms with Gasteiger partial charge in [-0.25, -0.2) is 4.98 Å². The summed E-state index contributed by atoms with van der Waals surface area (Å²) in [5.41, 5.74) is 1.39. The molecule has 0 atom stereocenters. The van der Waals surface area contributed by atoms with Crippen LogP contribution in [-0.4, -0.2) is 54.3 Å². The van der Waals surface area contributed by atoms with Crippen LogP contribution in [0.25, 0.3) is 10.6 Å².